The molecular weight excluding hydrogens is 562 g/mol. The fourth-order valence-electron chi connectivity index (χ4n) is 3.70. The van der Waals surface area contributed by atoms with E-state index in [9.17, 15) is 14.0 Å². The van der Waals surface area contributed by atoms with E-state index < -0.39 is 5.82 Å². The van der Waals surface area contributed by atoms with E-state index >= 15 is 0 Å². The number of aryl methyl sites for hydroxylation is 2. The Morgan fingerprint density at radius 2 is 1.84 bits per heavy atom. The van der Waals surface area contributed by atoms with Crippen molar-refractivity contribution in [2.75, 3.05) is 0 Å². The van der Waals surface area contributed by atoms with Gasteiger partial charge in [0.1, 0.15) is 5.82 Å². The molecule has 32 heavy (non-hydrogen) atoms. The molecule has 2 aromatic carbocycles. The van der Waals surface area contributed by atoms with Crippen LogP contribution in [0.4, 0.5) is 9.18 Å². The monoisotopic (exact) mass is 580 g/mol. The summed E-state index contributed by atoms with van der Waals surface area (Å²) < 4.78 is 16.6. The number of thioether (sulfide) groups is 1. The van der Waals surface area contributed by atoms with E-state index in [-0.39, 0.29) is 22.7 Å². The number of hydrogen-bond donors (Lipinski definition) is 0. The fraction of sp³-hybridized carbons (Fsp3) is 0.167. The van der Waals surface area contributed by atoms with Gasteiger partial charge >= 0.3 is 0 Å². The zero-order valence-electron chi connectivity index (χ0n) is 17.6. The van der Waals surface area contributed by atoms with Gasteiger partial charge in [0.2, 0.25) is 0 Å². The van der Waals surface area contributed by atoms with Gasteiger partial charge in [-0.05, 0) is 114 Å². The first-order valence-electron chi connectivity index (χ1n) is 9.80. The van der Waals surface area contributed by atoms with Gasteiger partial charge in [0.15, 0.2) is 0 Å². The van der Waals surface area contributed by atoms with Crippen LogP contribution < -0.4 is 0 Å². The molecule has 1 saturated heterocycles. The molecule has 4 rings (SSSR count). The number of rotatable bonds is 4. The van der Waals surface area contributed by atoms with Gasteiger partial charge in [0.25, 0.3) is 11.1 Å². The Balaban J connectivity index is 1.64. The number of aromatic nitrogens is 1. The lowest BCUT2D eigenvalue weighted by Gasteiger charge is -2.13. The van der Waals surface area contributed by atoms with E-state index in [1.54, 1.807) is 6.08 Å². The van der Waals surface area contributed by atoms with E-state index in [1.165, 1.54) is 27.3 Å². The van der Waals surface area contributed by atoms with Crippen LogP contribution in [-0.2, 0) is 11.3 Å². The minimum atomic E-state index is -0.466. The van der Waals surface area contributed by atoms with Crippen LogP contribution in [0.3, 0.4) is 0 Å². The second-order valence-electron chi connectivity index (χ2n) is 7.60. The Kier molecular flexibility index (Phi) is 6.51. The highest BCUT2D eigenvalue weighted by Gasteiger charge is 2.35. The number of carbonyl (C=O) groups excluding carboxylic acids is 2. The maximum atomic E-state index is 13.3. The molecule has 1 aliphatic rings. The van der Waals surface area contributed by atoms with Crippen molar-refractivity contribution < 1.29 is 14.0 Å². The molecule has 1 fully saturated rings. The second kappa shape index (κ2) is 9.03. The van der Waals surface area contributed by atoms with Crippen molar-refractivity contribution in [3.8, 4) is 5.69 Å². The maximum Gasteiger partial charge on any atom is 0.293 e. The van der Waals surface area contributed by atoms with Crippen LogP contribution in [0.5, 0.6) is 0 Å². The third kappa shape index (κ3) is 4.38. The standard InChI is InChI=1S/C24H19ClFIN2O2S/c1-13-8-19(6-7-21(13)27)29-14(2)9-17(15(29)3)10-22-23(30)28(24(31)32-22)12-16-4-5-18(26)11-20(16)25/h4-11H,12H2,1-3H3/b22-10-. The second-order valence-corrected chi connectivity index (χ2v) is 10.2. The van der Waals surface area contributed by atoms with E-state index in [2.05, 4.69) is 52.3 Å². The molecule has 3 aromatic rings. The number of hydrogen-bond acceptors (Lipinski definition) is 3. The smallest absolute Gasteiger partial charge is 0.293 e. The summed E-state index contributed by atoms with van der Waals surface area (Å²) in [6.07, 6.45) is 1.76. The molecule has 0 spiro atoms. The highest BCUT2D eigenvalue weighted by Crippen LogP contribution is 2.35. The van der Waals surface area contributed by atoms with Crippen molar-refractivity contribution in [3.05, 3.63) is 89.9 Å². The van der Waals surface area contributed by atoms with E-state index in [0.717, 1.165) is 39.3 Å². The summed E-state index contributed by atoms with van der Waals surface area (Å²) in [6, 6.07) is 12.2. The zero-order chi connectivity index (χ0) is 23.2. The summed E-state index contributed by atoms with van der Waals surface area (Å²) in [7, 11) is 0. The first kappa shape index (κ1) is 23.1. The van der Waals surface area contributed by atoms with Gasteiger partial charge in [0, 0.05) is 25.7 Å². The Morgan fingerprint density at radius 3 is 2.53 bits per heavy atom. The largest absolute Gasteiger partial charge is 0.318 e. The number of benzene rings is 2. The summed E-state index contributed by atoms with van der Waals surface area (Å²) in [6.45, 7) is 6.08. The molecule has 0 unspecified atom stereocenters. The molecule has 0 bridgehead atoms. The predicted octanol–water partition coefficient (Wildman–Crippen LogP) is 7.04. The molecule has 8 heteroatoms. The Bertz CT molecular complexity index is 1300. The quantitative estimate of drug-likeness (QED) is 0.246. The first-order valence-corrected chi connectivity index (χ1v) is 12.1. The Hall–Kier alpha value is -2.10. The normalized spacial score (nSPS) is 15.3. The average Bonchev–Trinajstić information content (AvgIpc) is 3.15. The molecule has 2 heterocycles. The third-order valence-corrected chi connectivity index (χ3v) is 7.84. The molecule has 0 atom stereocenters. The van der Waals surface area contributed by atoms with Crippen molar-refractivity contribution >= 4 is 63.2 Å². The Labute approximate surface area is 208 Å². The van der Waals surface area contributed by atoms with E-state index in [0.29, 0.717) is 10.5 Å². The van der Waals surface area contributed by atoms with Gasteiger partial charge < -0.3 is 4.57 Å². The molecule has 1 aromatic heterocycles. The van der Waals surface area contributed by atoms with E-state index in [1.807, 2.05) is 19.9 Å². The molecule has 0 aliphatic carbocycles. The van der Waals surface area contributed by atoms with Gasteiger partial charge in [-0.2, -0.15) is 0 Å². The van der Waals surface area contributed by atoms with Crippen LogP contribution in [0, 0.1) is 30.2 Å². The summed E-state index contributed by atoms with van der Waals surface area (Å²) in [5, 5.41) is -0.187. The summed E-state index contributed by atoms with van der Waals surface area (Å²) in [5.74, 6) is -0.846. The molecule has 2 amide bonds. The zero-order valence-corrected chi connectivity index (χ0v) is 21.3. The maximum absolute atomic E-state index is 13.3. The van der Waals surface area contributed by atoms with Gasteiger partial charge in [0.05, 0.1) is 11.4 Å². The number of nitrogens with zero attached hydrogens (tertiary/aromatic N) is 2. The van der Waals surface area contributed by atoms with E-state index in [4.69, 9.17) is 11.6 Å². The predicted molar refractivity (Wildman–Crippen MR) is 136 cm³/mol. The van der Waals surface area contributed by atoms with Crippen molar-refractivity contribution in [1.82, 2.24) is 9.47 Å². The van der Waals surface area contributed by atoms with Crippen LogP contribution in [-0.4, -0.2) is 20.6 Å². The average molecular weight is 581 g/mol. The molecule has 0 radical (unpaired) electrons. The molecule has 0 N–H and O–H groups in total. The number of halogens is 3. The fourth-order valence-corrected chi connectivity index (χ4v) is 5.09. The van der Waals surface area contributed by atoms with Gasteiger partial charge in [-0.25, -0.2) is 4.39 Å². The lowest BCUT2D eigenvalue weighted by molar-refractivity contribution is -0.123. The molecule has 4 nitrogen and oxygen atoms in total. The highest BCUT2D eigenvalue weighted by molar-refractivity contribution is 14.1. The van der Waals surface area contributed by atoms with Crippen LogP contribution in [0.25, 0.3) is 11.8 Å². The van der Waals surface area contributed by atoms with Crippen molar-refractivity contribution in [3.63, 3.8) is 0 Å². The topological polar surface area (TPSA) is 42.3 Å². The molecular formula is C24H19ClFIN2O2S. The number of imide groups is 1. The SMILES string of the molecule is Cc1cc(-n2c(C)cc(/C=C3\SC(=O)N(Cc4ccc(F)cc4Cl)C3=O)c2C)ccc1I. The summed E-state index contributed by atoms with van der Waals surface area (Å²) >= 11 is 9.29. The van der Waals surface area contributed by atoms with Gasteiger partial charge in [-0.15, -0.1) is 0 Å². The highest BCUT2D eigenvalue weighted by atomic mass is 127. The van der Waals surface area contributed by atoms with Gasteiger partial charge in [-0.3, -0.25) is 14.5 Å². The minimum absolute atomic E-state index is 0.00205. The molecule has 164 valence electrons. The Morgan fingerprint density at radius 1 is 1.09 bits per heavy atom. The van der Waals surface area contributed by atoms with Crippen molar-refractivity contribution in [1.29, 1.82) is 0 Å². The minimum Gasteiger partial charge on any atom is -0.318 e. The molecule has 0 saturated carbocycles. The van der Waals surface area contributed by atoms with Crippen LogP contribution in [0.15, 0.2) is 47.4 Å². The summed E-state index contributed by atoms with van der Waals surface area (Å²) in [5.41, 5.74) is 5.66. The number of amides is 2. The van der Waals surface area contributed by atoms with Crippen LogP contribution >= 0.6 is 46.0 Å². The van der Waals surface area contributed by atoms with Crippen molar-refractivity contribution in [2.24, 2.45) is 0 Å². The van der Waals surface area contributed by atoms with Gasteiger partial charge in [-0.1, -0.05) is 17.7 Å². The van der Waals surface area contributed by atoms with Crippen molar-refractivity contribution in [2.45, 2.75) is 27.3 Å². The lowest BCUT2D eigenvalue weighted by atomic mass is 10.2. The van der Waals surface area contributed by atoms with Crippen LogP contribution in [0.2, 0.25) is 5.02 Å². The molecule has 1 aliphatic heterocycles. The number of carbonyl (C=O) groups is 2. The summed E-state index contributed by atoms with van der Waals surface area (Å²) in [4.78, 5) is 27.0. The lowest BCUT2D eigenvalue weighted by Crippen LogP contribution is -2.27. The third-order valence-electron chi connectivity index (χ3n) is 5.37. The van der Waals surface area contributed by atoms with Crippen LogP contribution in [0.1, 0.15) is 28.1 Å². The first-order chi connectivity index (χ1) is 15.2.